The van der Waals surface area contributed by atoms with Gasteiger partial charge in [0.15, 0.2) is 0 Å². The van der Waals surface area contributed by atoms with Gasteiger partial charge in [-0.3, -0.25) is 14.9 Å². The summed E-state index contributed by atoms with van der Waals surface area (Å²) in [5, 5.41) is 8.33. The maximum atomic E-state index is 12.8. The number of hydrogen-bond acceptors (Lipinski definition) is 5. The van der Waals surface area contributed by atoms with Crippen molar-refractivity contribution in [1.82, 2.24) is 5.32 Å². The molecule has 3 aromatic carbocycles. The van der Waals surface area contributed by atoms with E-state index >= 15 is 0 Å². The van der Waals surface area contributed by atoms with Crippen molar-refractivity contribution in [2.45, 2.75) is 18.4 Å². The number of rotatable bonds is 8. The van der Waals surface area contributed by atoms with E-state index in [-0.39, 0.29) is 17.6 Å². The van der Waals surface area contributed by atoms with Gasteiger partial charge in [0, 0.05) is 22.8 Å². The lowest BCUT2D eigenvalue weighted by atomic mass is 10.2. The maximum Gasteiger partial charge on any atom is 0.411 e. The molecular weight excluding hydrogens is 438 g/mol. The first-order chi connectivity index (χ1) is 15.9. The molecule has 7 nitrogen and oxygen atoms in total. The summed E-state index contributed by atoms with van der Waals surface area (Å²) in [7, 11) is 1.30. The highest BCUT2D eigenvalue weighted by Crippen LogP contribution is 2.23. The van der Waals surface area contributed by atoms with E-state index in [9.17, 15) is 14.4 Å². The summed E-state index contributed by atoms with van der Waals surface area (Å²) < 4.78 is 4.56. The van der Waals surface area contributed by atoms with Crippen LogP contribution in [-0.4, -0.2) is 30.8 Å². The smallest absolute Gasteiger partial charge is 0.411 e. The van der Waals surface area contributed by atoms with Crippen LogP contribution in [0.3, 0.4) is 0 Å². The lowest BCUT2D eigenvalue weighted by Gasteiger charge is -2.11. The van der Waals surface area contributed by atoms with Crippen LogP contribution in [0.5, 0.6) is 0 Å². The molecule has 0 saturated carbocycles. The first kappa shape index (κ1) is 23.9. The Morgan fingerprint density at radius 1 is 0.848 bits per heavy atom. The molecule has 3 aromatic rings. The zero-order chi connectivity index (χ0) is 23.6. The van der Waals surface area contributed by atoms with E-state index in [1.54, 1.807) is 24.3 Å². The fourth-order valence-corrected chi connectivity index (χ4v) is 3.76. The second-order valence-electron chi connectivity index (χ2n) is 7.20. The summed E-state index contributed by atoms with van der Waals surface area (Å²) in [4.78, 5) is 37.0. The molecule has 0 aromatic heterocycles. The Morgan fingerprint density at radius 2 is 1.48 bits per heavy atom. The molecule has 0 aliphatic heterocycles. The highest BCUT2D eigenvalue weighted by atomic mass is 32.2. The standard InChI is InChI=1S/C25H25N3O4S/c1-17-7-11-19(12-8-17)27-23(29)16-33-22-6-4-3-5-21(22)24(30)26-15-18-9-13-20(14-10-18)28-25(31)32-2/h3-14H,15-16H2,1-2H3,(H,26,30)(H,27,29)(H,28,31). The molecule has 0 aliphatic carbocycles. The van der Waals surface area contributed by atoms with Gasteiger partial charge in [0.05, 0.1) is 18.4 Å². The highest BCUT2D eigenvalue weighted by molar-refractivity contribution is 8.00. The third kappa shape index (κ3) is 7.40. The average Bonchev–Trinajstić information content (AvgIpc) is 2.83. The molecule has 3 amide bonds. The summed E-state index contributed by atoms with van der Waals surface area (Å²) in [6.07, 6.45) is -0.544. The zero-order valence-electron chi connectivity index (χ0n) is 18.4. The molecule has 0 fully saturated rings. The Morgan fingerprint density at radius 3 is 2.18 bits per heavy atom. The molecule has 170 valence electrons. The lowest BCUT2D eigenvalue weighted by molar-refractivity contribution is -0.113. The quantitative estimate of drug-likeness (QED) is 0.416. The number of carbonyl (C=O) groups excluding carboxylic acids is 3. The van der Waals surface area contributed by atoms with Crippen molar-refractivity contribution in [2.24, 2.45) is 0 Å². The second-order valence-corrected chi connectivity index (χ2v) is 8.21. The van der Waals surface area contributed by atoms with Crippen LogP contribution in [0.2, 0.25) is 0 Å². The molecular formula is C25H25N3O4S. The van der Waals surface area contributed by atoms with E-state index in [0.717, 1.165) is 21.7 Å². The average molecular weight is 464 g/mol. The van der Waals surface area contributed by atoms with Gasteiger partial charge in [0.25, 0.3) is 5.91 Å². The third-order valence-electron chi connectivity index (χ3n) is 4.66. The van der Waals surface area contributed by atoms with Gasteiger partial charge in [-0.15, -0.1) is 11.8 Å². The van der Waals surface area contributed by atoms with Crippen LogP contribution in [-0.2, 0) is 16.1 Å². The molecule has 0 unspecified atom stereocenters. The molecule has 3 N–H and O–H groups in total. The molecule has 0 heterocycles. The van der Waals surface area contributed by atoms with Crippen molar-refractivity contribution in [3.8, 4) is 0 Å². The number of aryl methyl sites for hydroxylation is 1. The Kier molecular flexibility index (Phi) is 8.49. The largest absolute Gasteiger partial charge is 0.453 e. The van der Waals surface area contributed by atoms with Gasteiger partial charge in [-0.05, 0) is 48.9 Å². The van der Waals surface area contributed by atoms with Crippen molar-refractivity contribution in [3.63, 3.8) is 0 Å². The van der Waals surface area contributed by atoms with Crippen LogP contribution in [0.4, 0.5) is 16.2 Å². The van der Waals surface area contributed by atoms with E-state index in [2.05, 4.69) is 20.7 Å². The van der Waals surface area contributed by atoms with E-state index in [4.69, 9.17) is 0 Å². The first-order valence-electron chi connectivity index (χ1n) is 10.2. The second kappa shape index (κ2) is 11.7. The number of nitrogens with one attached hydrogen (secondary N) is 3. The Hall–Kier alpha value is -3.78. The molecule has 33 heavy (non-hydrogen) atoms. The summed E-state index contributed by atoms with van der Waals surface area (Å²) >= 11 is 1.31. The summed E-state index contributed by atoms with van der Waals surface area (Å²) in [5.41, 5.74) is 3.85. The monoisotopic (exact) mass is 463 g/mol. The van der Waals surface area contributed by atoms with Crippen molar-refractivity contribution >= 4 is 41.0 Å². The molecule has 8 heteroatoms. The molecule has 0 spiro atoms. The Balaban J connectivity index is 1.54. The summed E-state index contributed by atoms with van der Waals surface area (Å²) in [5.74, 6) is -0.180. The van der Waals surface area contributed by atoms with E-state index in [1.165, 1.54) is 18.9 Å². The van der Waals surface area contributed by atoms with Crippen LogP contribution in [0.1, 0.15) is 21.5 Å². The normalized spacial score (nSPS) is 10.2. The molecule has 3 rings (SSSR count). The third-order valence-corrected chi connectivity index (χ3v) is 5.74. The van der Waals surface area contributed by atoms with Crippen molar-refractivity contribution in [1.29, 1.82) is 0 Å². The topological polar surface area (TPSA) is 96.5 Å². The number of anilines is 2. The minimum absolute atomic E-state index is 0.139. The van der Waals surface area contributed by atoms with Crippen LogP contribution >= 0.6 is 11.8 Å². The number of methoxy groups -OCH3 is 1. The fraction of sp³-hybridized carbons (Fsp3) is 0.160. The molecule has 0 aliphatic rings. The number of carbonyl (C=O) groups is 3. The Labute approximate surface area is 196 Å². The van der Waals surface area contributed by atoms with Gasteiger partial charge in [-0.2, -0.15) is 0 Å². The van der Waals surface area contributed by atoms with E-state index in [1.807, 2.05) is 55.5 Å². The zero-order valence-corrected chi connectivity index (χ0v) is 19.2. The highest BCUT2D eigenvalue weighted by Gasteiger charge is 2.13. The van der Waals surface area contributed by atoms with Crippen molar-refractivity contribution in [3.05, 3.63) is 89.5 Å². The lowest BCUT2D eigenvalue weighted by Crippen LogP contribution is -2.23. The number of ether oxygens (including phenoxy) is 1. The minimum atomic E-state index is -0.544. The van der Waals surface area contributed by atoms with Crippen LogP contribution < -0.4 is 16.0 Å². The number of thioether (sulfide) groups is 1. The van der Waals surface area contributed by atoms with Gasteiger partial charge in [-0.1, -0.05) is 42.0 Å². The van der Waals surface area contributed by atoms with Crippen LogP contribution in [0.15, 0.2) is 77.7 Å². The van der Waals surface area contributed by atoms with Gasteiger partial charge >= 0.3 is 6.09 Å². The maximum absolute atomic E-state index is 12.8. The van der Waals surface area contributed by atoms with Crippen molar-refractivity contribution < 1.29 is 19.1 Å². The molecule has 0 bridgehead atoms. The number of amides is 3. The Bertz CT molecular complexity index is 1120. The van der Waals surface area contributed by atoms with Gasteiger partial charge in [0.2, 0.25) is 5.91 Å². The van der Waals surface area contributed by atoms with Crippen LogP contribution in [0, 0.1) is 6.92 Å². The molecule has 0 saturated heterocycles. The van der Waals surface area contributed by atoms with Gasteiger partial charge in [-0.25, -0.2) is 4.79 Å². The summed E-state index contributed by atoms with van der Waals surface area (Å²) in [6, 6.07) is 21.9. The SMILES string of the molecule is COC(=O)Nc1ccc(CNC(=O)c2ccccc2SCC(=O)Nc2ccc(C)cc2)cc1. The van der Waals surface area contributed by atoms with Crippen LogP contribution in [0.25, 0.3) is 0 Å². The van der Waals surface area contributed by atoms with Crippen molar-refractivity contribution in [2.75, 3.05) is 23.5 Å². The molecule has 0 atom stereocenters. The first-order valence-corrected chi connectivity index (χ1v) is 11.2. The predicted octanol–water partition coefficient (Wildman–Crippen LogP) is 4.83. The molecule has 0 radical (unpaired) electrons. The van der Waals surface area contributed by atoms with Gasteiger partial charge in [0.1, 0.15) is 0 Å². The van der Waals surface area contributed by atoms with Gasteiger partial charge < -0.3 is 15.4 Å². The number of hydrogen-bond donors (Lipinski definition) is 3. The minimum Gasteiger partial charge on any atom is -0.453 e. The van der Waals surface area contributed by atoms with E-state index < -0.39 is 6.09 Å². The number of benzene rings is 3. The summed E-state index contributed by atoms with van der Waals surface area (Å²) in [6.45, 7) is 2.31. The van der Waals surface area contributed by atoms with E-state index in [0.29, 0.717) is 17.8 Å². The predicted molar refractivity (Wildman–Crippen MR) is 131 cm³/mol. The fourth-order valence-electron chi connectivity index (χ4n) is 2.91.